The fourth-order valence-electron chi connectivity index (χ4n) is 2.64. The Morgan fingerprint density at radius 3 is 2.11 bits per heavy atom. The maximum Gasteiger partial charge on any atom is 0.0530 e. The van der Waals surface area contributed by atoms with Crippen molar-refractivity contribution >= 4 is 24.8 Å². The fourth-order valence-corrected chi connectivity index (χ4v) is 2.64. The molecule has 2 rings (SSSR count). The molecule has 1 aliphatic heterocycles. The highest BCUT2D eigenvalue weighted by Gasteiger charge is 2.19. The van der Waals surface area contributed by atoms with E-state index in [9.17, 15) is 0 Å². The number of rotatable bonds is 3. The minimum atomic E-state index is 0. The molecule has 0 amide bonds. The van der Waals surface area contributed by atoms with Gasteiger partial charge in [0.25, 0.3) is 0 Å². The Bertz CT molecular complexity index is 381. The maximum atomic E-state index is 4.01. The van der Waals surface area contributed by atoms with Crippen molar-refractivity contribution < 1.29 is 0 Å². The molecular formula is C15H24Cl2N2. The van der Waals surface area contributed by atoms with E-state index >= 15 is 0 Å². The molecule has 1 saturated heterocycles. The smallest absolute Gasteiger partial charge is 0.0530 e. The Labute approximate surface area is 129 Å². The summed E-state index contributed by atoms with van der Waals surface area (Å²) in [6, 6.07) is 7.14. The predicted molar refractivity (Wildman–Crippen MR) is 87.8 cm³/mol. The van der Waals surface area contributed by atoms with E-state index in [0.717, 1.165) is 26.2 Å². The molecule has 1 fully saturated rings. The first-order chi connectivity index (χ1) is 8.20. The Morgan fingerprint density at radius 2 is 1.63 bits per heavy atom. The summed E-state index contributed by atoms with van der Waals surface area (Å²) in [4.78, 5) is 2.50. The van der Waals surface area contributed by atoms with Crippen LogP contribution in [-0.2, 0) is 0 Å². The van der Waals surface area contributed by atoms with E-state index in [-0.39, 0.29) is 24.8 Å². The third kappa shape index (κ3) is 4.81. The first kappa shape index (κ1) is 18.5. The molecule has 1 N–H and O–H groups in total. The van der Waals surface area contributed by atoms with E-state index in [2.05, 4.69) is 54.9 Å². The average Bonchev–Trinajstić information content (AvgIpc) is 2.30. The van der Waals surface area contributed by atoms with E-state index in [1.165, 1.54) is 16.7 Å². The molecule has 0 unspecified atom stereocenters. The minimum absolute atomic E-state index is 0. The number of nitrogens with zero attached hydrogens (tertiary/aromatic N) is 1. The molecule has 1 aromatic rings. The van der Waals surface area contributed by atoms with Gasteiger partial charge in [0.05, 0.1) is 6.04 Å². The summed E-state index contributed by atoms with van der Waals surface area (Å²) in [5.41, 5.74) is 4.04. The zero-order valence-electron chi connectivity index (χ0n) is 11.7. The summed E-state index contributed by atoms with van der Waals surface area (Å²) in [7, 11) is 0. The van der Waals surface area contributed by atoms with Crippen molar-refractivity contribution in [2.45, 2.75) is 19.9 Å². The predicted octanol–water partition coefficient (Wildman–Crippen LogP) is 3.28. The third-order valence-corrected chi connectivity index (χ3v) is 3.35. The van der Waals surface area contributed by atoms with Gasteiger partial charge in [0, 0.05) is 26.2 Å². The molecule has 19 heavy (non-hydrogen) atoms. The van der Waals surface area contributed by atoms with Crippen LogP contribution in [0.15, 0.2) is 30.9 Å². The van der Waals surface area contributed by atoms with Crippen LogP contribution in [0.4, 0.5) is 0 Å². The normalized spacial score (nSPS) is 16.9. The average molecular weight is 303 g/mol. The summed E-state index contributed by atoms with van der Waals surface area (Å²) in [5.74, 6) is 0. The molecule has 0 bridgehead atoms. The second kappa shape index (κ2) is 8.60. The van der Waals surface area contributed by atoms with Gasteiger partial charge in [-0.3, -0.25) is 4.90 Å². The molecule has 2 nitrogen and oxygen atoms in total. The Balaban J connectivity index is 0.00000162. The van der Waals surface area contributed by atoms with Crippen LogP contribution in [0, 0.1) is 13.8 Å². The van der Waals surface area contributed by atoms with Crippen LogP contribution in [0.1, 0.15) is 22.7 Å². The zero-order chi connectivity index (χ0) is 12.3. The lowest BCUT2D eigenvalue weighted by atomic mass is 10.00. The lowest BCUT2D eigenvalue weighted by Gasteiger charge is -2.33. The summed E-state index contributed by atoms with van der Waals surface area (Å²) in [6.07, 6.45) is 2.07. The van der Waals surface area contributed by atoms with E-state index in [4.69, 9.17) is 0 Å². The summed E-state index contributed by atoms with van der Waals surface area (Å²) < 4.78 is 0. The number of hydrogen-bond acceptors (Lipinski definition) is 2. The molecule has 0 radical (unpaired) electrons. The molecule has 0 spiro atoms. The maximum absolute atomic E-state index is 4.01. The topological polar surface area (TPSA) is 15.3 Å². The van der Waals surface area contributed by atoms with E-state index < -0.39 is 0 Å². The highest BCUT2D eigenvalue weighted by molar-refractivity contribution is 5.85. The second-order valence-electron chi connectivity index (χ2n) is 4.89. The second-order valence-corrected chi connectivity index (χ2v) is 4.89. The van der Waals surface area contributed by atoms with Gasteiger partial charge in [-0.25, -0.2) is 0 Å². The molecule has 1 aromatic carbocycles. The van der Waals surface area contributed by atoms with Crippen molar-refractivity contribution in [3.05, 3.63) is 47.5 Å². The Kier molecular flexibility index (Phi) is 8.35. The molecule has 1 aliphatic rings. The quantitative estimate of drug-likeness (QED) is 0.862. The van der Waals surface area contributed by atoms with Gasteiger partial charge in [0.15, 0.2) is 0 Å². The number of hydrogen-bond donors (Lipinski definition) is 1. The number of benzene rings is 1. The standard InChI is InChI=1S/C15H22N2.2ClH/c1-4-15(17-7-5-16-6-8-17)14-10-12(2)9-13(3)11-14;;/h4,9-11,15-16H,1,5-8H2,2-3H3;2*1H/t15-;;/m1../s1. The Hall–Kier alpha value is -0.540. The van der Waals surface area contributed by atoms with Crippen LogP contribution in [0.3, 0.4) is 0 Å². The van der Waals surface area contributed by atoms with Crippen molar-refractivity contribution in [3.8, 4) is 0 Å². The lowest BCUT2D eigenvalue weighted by molar-refractivity contribution is 0.203. The third-order valence-electron chi connectivity index (χ3n) is 3.35. The first-order valence-corrected chi connectivity index (χ1v) is 6.36. The van der Waals surface area contributed by atoms with Crippen LogP contribution in [-0.4, -0.2) is 31.1 Å². The van der Waals surface area contributed by atoms with Crippen LogP contribution in [0.25, 0.3) is 0 Å². The Morgan fingerprint density at radius 1 is 1.11 bits per heavy atom. The van der Waals surface area contributed by atoms with Crippen molar-refractivity contribution in [2.75, 3.05) is 26.2 Å². The van der Waals surface area contributed by atoms with Crippen molar-refractivity contribution in [2.24, 2.45) is 0 Å². The van der Waals surface area contributed by atoms with Gasteiger partial charge in [-0.1, -0.05) is 35.4 Å². The monoisotopic (exact) mass is 302 g/mol. The number of halogens is 2. The van der Waals surface area contributed by atoms with Gasteiger partial charge in [-0.2, -0.15) is 0 Å². The molecule has 4 heteroatoms. The summed E-state index contributed by atoms with van der Waals surface area (Å²) in [6.45, 7) is 12.7. The largest absolute Gasteiger partial charge is 0.314 e. The SMILES string of the molecule is C=C[C@H](c1cc(C)cc(C)c1)N1CCNCC1.Cl.Cl. The van der Waals surface area contributed by atoms with Crippen LogP contribution in [0.5, 0.6) is 0 Å². The van der Waals surface area contributed by atoms with Gasteiger partial charge in [-0.15, -0.1) is 31.4 Å². The first-order valence-electron chi connectivity index (χ1n) is 6.36. The molecule has 108 valence electrons. The minimum Gasteiger partial charge on any atom is -0.314 e. The highest BCUT2D eigenvalue weighted by Crippen LogP contribution is 2.24. The molecule has 1 atom stereocenters. The molecule has 0 aromatic heterocycles. The zero-order valence-corrected chi connectivity index (χ0v) is 13.3. The fraction of sp³-hybridized carbons (Fsp3) is 0.467. The van der Waals surface area contributed by atoms with Gasteiger partial charge in [0.1, 0.15) is 0 Å². The summed E-state index contributed by atoms with van der Waals surface area (Å²) >= 11 is 0. The van der Waals surface area contributed by atoms with Crippen LogP contribution >= 0.6 is 24.8 Å². The van der Waals surface area contributed by atoms with Crippen LogP contribution in [0.2, 0.25) is 0 Å². The van der Waals surface area contributed by atoms with E-state index in [1.54, 1.807) is 0 Å². The molecule has 1 heterocycles. The van der Waals surface area contributed by atoms with Gasteiger partial charge >= 0.3 is 0 Å². The molecule has 0 saturated carbocycles. The van der Waals surface area contributed by atoms with Crippen molar-refractivity contribution in [1.29, 1.82) is 0 Å². The van der Waals surface area contributed by atoms with Gasteiger partial charge in [0.2, 0.25) is 0 Å². The van der Waals surface area contributed by atoms with E-state index in [1.807, 2.05) is 0 Å². The highest BCUT2D eigenvalue weighted by atomic mass is 35.5. The number of piperazine rings is 1. The summed E-state index contributed by atoms with van der Waals surface area (Å²) in [5, 5.41) is 3.39. The van der Waals surface area contributed by atoms with Gasteiger partial charge < -0.3 is 5.32 Å². The van der Waals surface area contributed by atoms with Crippen molar-refractivity contribution in [3.63, 3.8) is 0 Å². The van der Waals surface area contributed by atoms with Gasteiger partial charge in [-0.05, 0) is 19.4 Å². The number of aryl methyl sites for hydroxylation is 2. The molecule has 0 aliphatic carbocycles. The lowest BCUT2D eigenvalue weighted by Crippen LogP contribution is -2.44. The van der Waals surface area contributed by atoms with Crippen molar-refractivity contribution in [1.82, 2.24) is 10.2 Å². The molecular weight excluding hydrogens is 279 g/mol. The number of nitrogens with one attached hydrogen (secondary N) is 1. The van der Waals surface area contributed by atoms with E-state index in [0.29, 0.717) is 6.04 Å². The van der Waals surface area contributed by atoms with Crippen LogP contribution < -0.4 is 5.32 Å².